The van der Waals surface area contributed by atoms with Crippen LogP contribution < -0.4 is 5.73 Å². The summed E-state index contributed by atoms with van der Waals surface area (Å²) in [4.78, 5) is 10.3. The normalized spacial score (nSPS) is 10.1. The third-order valence-corrected chi connectivity index (χ3v) is 2.32. The minimum Gasteiger partial charge on any atom is -0.481 e. The number of carboxylic acid groups (broad SMARTS) is 1. The predicted molar refractivity (Wildman–Crippen MR) is 56.8 cm³/mol. The van der Waals surface area contributed by atoms with Crippen LogP contribution >= 0.6 is 23.2 Å². The number of carboxylic acids is 1. The molecule has 0 radical (unpaired) electrons. The Hall–Kier alpha value is -0.930. The van der Waals surface area contributed by atoms with Crippen LogP contribution in [-0.2, 0) is 11.2 Å². The Balaban J connectivity index is 2.90. The molecule has 0 fully saturated rings. The van der Waals surface area contributed by atoms with Crippen LogP contribution in [0.5, 0.6) is 0 Å². The van der Waals surface area contributed by atoms with Gasteiger partial charge in [0.25, 0.3) is 0 Å². The van der Waals surface area contributed by atoms with Crippen LogP contribution in [0.4, 0.5) is 5.69 Å². The number of carbonyl (C=O) groups is 1. The highest BCUT2D eigenvalue weighted by atomic mass is 35.5. The van der Waals surface area contributed by atoms with Gasteiger partial charge in [-0.3, -0.25) is 4.79 Å². The predicted octanol–water partition coefficient (Wildman–Crippen LogP) is 2.59. The molecule has 1 rings (SSSR count). The lowest BCUT2D eigenvalue weighted by Gasteiger charge is -2.06. The first kappa shape index (κ1) is 11.1. The number of aliphatic carboxylic acids is 1. The first-order chi connectivity index (χ1) is 6.50. The Kier molecular flexibility index (Phi) is 3.61. The molecular weight excluding hydrogens is 225 g/mol. The van der Waals surface area contributed by atoms with Crippen LogP contribution in [0.25, 0.3) is 0 Å². The molecule has 0 bridgehead atoms. The fraction of sp³-hybridized carbons (Fsp3) is 0.222. The van der Waals surface area contributed by atoms with Gasteiger partial charge in [-0.1, -0.05) is 23.2 Å². The lowest BCUT2D eigenvalue weighted by molar-refractivity contribution is -0.136. The summed E-state index contributed by atoms with van der Waals surface area (Å²) in [6.07, 6.45) is 0.350. The minimum atomic E-state index is -0.875. The second-order valence-electron chi connectivity index (χ2n) is 2.85. The highest BCUT2D eigenvalue weighted by Crippen LogP contribution is 2.28. The maximum atomic E-state index is 10.3. The molecule has 76 valence electrons. The minimum absolute atomic E-state index is 0.0148. The molecule has 0 unspecified atom stereocenters. The van der Waals surface area contributed by atoms with E-state index in [9.17, 15) is 4.79 Å². The molecule has 1 aromatic carbocycles. The van der Waals surface area contributed by atoms with Crippen LogP contribution in [0.1, 0.15) is 12.0 Å². The van der Waals surface area contributed by atoms with Gasteiger partial charge >= 0.3 is 5.97 Å². The number of hydrogen-bond donors (Lipinski definition) is 2. The molecule has 0 aliphatic rings. The van der Waals surface area contributed by atoms with Crippen molar-refractivity contribution < 1.29 is 9.90 Å². The van der Waals surface area contributed by atoms with Crippen molar-refractivity contribution in [1.29, 1.82) is 0 Å². The number of benzene rings is 1. The summed E-state index contributed by atoms with van der Waals surface area (Å²) in [6.45, 7) is 0. The van der Waals surface area contributed by atoms with Gasteiger partial charge in [-0.25, -0.2) is 0 Å². The second-order valence-corrected chi connectivity index (χ2v) is 3.70. The van der Waals surface area contributed by atoms with Crippen LogP contribution in [-0.4, -0.2) is 11.1 Å². The lowest BCUT2D eigenvalue weighted by atomic mass is 10.1. The number of nitrogens with two attached hydrogens (primary N) is 1. The number of anilines is 1. The number of aryl methyl sites for hydroxylation is 1. The van der Waals surface area contributed by atoms with Crippen LogP contribution in [0, 0.1) is 0 Å². The monoisotopic (exact) mass is 233 g/mol. The topological polar surface area (TPSA) is 63.3 Å². The molecule has 3 nitrogen and oxygen atoms in total. The van der Waals surface area contributed by atoms with Crippen molar-refractivity contribution in [1.82, 2.24) is 0 Å². The average Bonchev–Trinajstić information content (AvgIpc) is 2.08. The van der Waals surface area contributed by atoms with Gasteiger partial charge in [0.15, 0.2) is 0 Å². The van der Waals surface area contributed by atoms with Crippen molar-refractivity contribution in [2.75, 3.05) is 5.73 Å². The fourth-order valence-corrected chi connectivity index (χ4v) is 1.62. The van der Waals surface area contributed by atoms with Gasteiger partial charge in [0.1, 0.15) is 0 Å². The fourth-order valence-electron chi connectivity index (χ4n) is 1.09. The van der Waals surface area contributed by atoms with Crippen LogP contribution in [0.2, 0.25) is 10.0 Å². The average molecular weight is 234 g/mol. The van der Waals surface area contributed by atoms with E-state index in [4.69, 9.17) is 34.0 Å². The standard InChI is InChI=1S/C9H9Cl2NO2/c10-6-3-5(1-2-8(13)14)9(12)7(11)4-6/h3-4H,1-2,12H2,(H,13,14). The maximum absolute atomic E-state index is 10.3. The van der Waals surface area contributed by atoms with Gasteiger partial charge in [-0.05, 0) is 24.1 Å². The van der Waals surface area contributed by atoms with E-state index in [0.717, 1.165) is 0 Å². The van der Waals surface area contributed by atoms with E-state index in [0.29, 0.717) is 27.7 Å². The van der Waals surface area contributed by atoms with Gasteiger partial charge in [-0.2, -0.15) is 0 Å². The zero-order valence-electron chi connectivity index (χ0n) is 7.26. The zero-order valence-corrected chi connectivity index (χ0v) is 8.77. The Bertz CT molecular complexity index is 366. The van der Waals surface area contributed by atoms with Gasteiger partial charge in [0.05, 0.1) is 10.7 Å². The first-order valence-electron chi connectivity index (χ1n) is 3.96. The Morgan fingerprint density at radius 2 is 2.07 bits per heavy atom. The molecule has 0 saturated heterocycles. The van der Waals surface area contributed by atoms with Gasteiger partial charge in [0.2, 0.25) is 0 Å². The van der Waals surface area contributed by atoms with Crippen LogP contribution in [0.15, 0.2) is 12.1 Å². The highest BCUT2D eigenvalue weighted by Gasteiger charge is 2.07. The van der Waals surface area contributed by atoms with Crippen LogP contribution in [0.3, 0.4) is 0 Å². The molecule has 0 spiro atoms. The summed E-state index contributed by atoms with van der Waals surface area (Å²) >= 11 is 11.5. The largest absolute Gasteiger partial charge is 0.481 e. The van der Waals surface area contributed by atoms with Crippen molar-refractivity contribution in [3.05, 3.63) is 27.7 Å². The molecule has 0 aliphatic heterocycles. The lowest BCUT2D eigenvalue weighted by Crippen LogP contribution is -2.01. The molecule has 0 saturated carbocycles. The summed E-state index contributed by atoms with van der Waals surface area (Å²) in [5, 5.41) is 9.32. The van der Waals surface area contributed by atoms with E-state index < -0.39 is 5.97 Å². The van der Waals surface area contributed by atoms with Gasteiger partial charge in [0, 0.05) is 11.4 Å². The van der Waals surface area contributed by atoms with Crippen molar-refractivity contribution in [3.8, 4) is 0 Å². The summed E-state index contributed by atoms with van der Waals surface area (Å²) in [5.41, 5.74) is 6.73. The SMILES string of the molecule is Nc1c(Cl)cc(Cl)cc1CCC(=O)O. The summed E-state index contributed by atoms with van der Waals surface area (Å²) in [6, 6.07) is 3.16. The third kappa shape index (κ3) is 2.79. The number of nitrogen functional groups attached to an aromatic ring is 1. The van der Waals surface area contributed by atoms with E-state index in [-0.39, 0.29) is 6.42 Å². The zero-order chi connectivity index (χ0) is 10.7. The third-order valence-electron chi connectivity index (χ3n) is 1.79. The quantitative estimate of drug-likeness (QED) is 0.790. The number of halogens is 2. The molecular formula is C9H9Cl2NO2. The molecule has 0 amide bonds. The van der Waals surface area contributed by atoms with E-state index in [1.807, 2.05) is 0 Å². The molecule has 0 atom stereocenters. The molecule has 1 aromatic rings. The Morgan fingerprint density at radius 3 is 2.64 bits per heavy atom. The number of rotatable bonds is 3. The Morgan fingerprint density at radius 1 is 1.43 bits per heavy atom. The maximum Gasteiger partial charge on any atom is 0.303 e. The van der Waals surface area contributed by atoms with Gasteiger partial charge < -0.3 is 10.8 Å². The summed E-state index contributed by atoms with van der Waals surface area (Å²) < 4.78 is 0. The van der Waals surface area contributed by atoms with Gasteiger partial charge in [-0.15, -0.1) is 0 Å². The summed E-state index contributed by atoms with van der Waals surface area (Å²) in [5.74, 6) is -0.875. The second kappa shape index (κ2) is 4.53. The molecule has 0 heterocycles. The number of hydrogen-bond acceptors (Lipinski definition) is 2. The molecule has 3 N–H and O–H groups in total. The van der Waals surface area contributed by atoms with E-state index in [1.54, 1.807) is 6.07 Å². The van der Waals surface area contributed by atoms with E-state index in [2.05, 4.69) is 0 Å². The smallest absolute Gasteiger partial charge is 0.303 e. The molecule has 0 aromatic heterocycles. The van der Waals surface area contributed by atoms with Crippen molar-refractivity contribution >= 4 is 34.9 Å². The molecule has 0 aliphatic carbocycles. The van der Waals surface area contributed by atoms with E-state index in [1.165, 1.54) is 6.07 Å². The summed E-state index contributed by atoms with van der Waals surface area (Å²) in [7, 11) is 0. The molecule has 14 heavy (non-hydrogen) atoms. The Labute approximate surface area is 91.4 Å². The highest BCUT2D eigenvalue weighted by molar-refractivity contribution is 6.36. The molecule has 5 heteroatoms. The van der Waals surface area contributed by atoms with Crippen molar-refractivity contribution in [2.45, 2.75) is 12.8 Å². The first-order valence-corrected chi connectivity index (χ1v) is 4.71. The van der Waals surface area contributed by atoms with Crippen molar-refractivity contribution in [3.63, 3.8) is 0 Å². The van der Waals surface area contributed by atoms with Crippen molar-refractivity contribution in [2.24, 2.45) is 0 Å². The van der Waals surface area contributed by atoms with E-state index >= 15 is 0 Å².